The predicted octanol–water partition coefficient (Wildman–Crippen LogP) is 3.88. The van der Waals surface area contributed by atoms with Gasteiger partial charge in [0.15, 0.2) is 10.9 Å². The van der Waals surface area contributed by atoms with Crippen molar-refractivity contribution >= 4 is 44.1 Å². The Morgan fingerprint density at radius 1 is 1.19 bits per heavy atom. The van der Waals surface area contributed by atoms with Crippen molar-refractivity contribution in [2.75, 3.05) is 23.3 Å². The molecular weight excluding hydrogens is 346 g/mol. The lowest BCUT2D eigenvalue weighted by molar-refractivity contribution is -0.120. The van der Waals surface area contributed by atoms with E-state index in [-0.39, 0.29) is 17.6 Å². The SMILES string of the molecule is CC(=O)c1cccc(NC(=O)C2CN(c3nc4ccc(C)cc4s3)C2)c1. The molecule has 0 unspecified atom stereocenters. The first kappa shape index (κ1) is 16.7. The van der Waals surface area contributed by atoms with Crippen molar-refractivity contribution < 1.29 is 9.59 Å². The van der Waals surface area contributed by atoms with Gasteiger partial charge in [0.2, 0.25) is 5.91 Å². The van der Waals surface area contributed by atoms with Crippen molar-refractivity contribution in [3.05, 3.63) is 53.6 Å². The van der Waals surface area contributed by atoms with Crippen LogP contribution in [0.1, 0.15) is 22.8 Å². The molecule has 1 N–H and O–H groups in total. The van der Waals surface area contributed by atoms with Crippen molar-refractivity contribution in [3.8, 4) is 0 Å². The van der Waals surface area contributed by atoms with Crippen LogP contribution in [0.3, 0.4) is 0 Å². The lowest BCUT2D eigenvalue weighted by Gasteiger charge is -2.37. The van der Waals surface area contributed by atoms with E-state index in [1.165, 1.54) is 17.2 Å². The van der Waals surface area contributed by atoms with E-state index < -0.39 is 0 Å². The highest BCUT2D eigenvalue weighted by Gasteiger charge is 2.34. The third kappa shape index (κ3) is 3.20. The molecule has 0 bridgehead atoms. The number of fused-ring (bicyclic) bond motifs is 1. The monoisotopic (exact) mass is 365 g/mol. The minimum Gasteiger partial charge on any atom is -0.346 e. The number of nitrogens with one attached hydrogen (secondary N) is 1. The van der Waals surface area contributed by atoms with Crippen molar-refractivity contribution in [1.82, 2.24) is 4.98 Å². The van der Waals surface area contributed by atoms with Crippen molar-refractivity contribution in [3.63, 3.8) is 0 Å². The first-order valence-corrected chi connectivity index (χ1v) is 9.35. The van der Waals surface area contributed by atoms with Gasteiger partial charge in [-0.2, -0.15) is 0 Å². The number of carbonyl (C=O) groups is 2. The average molecular weight is 365 g/mol. The maximum Gasteiger partial charge on any atom is 0.231 e. The summed E-state index contributed by atoms with van der Waals surface area (Å²) in [6.45, 7) is 4.92. The van der Waals surface area contributed by atoms with Crippen LogP contribution in [0.15, 0.2) is 42.5 Å². The van der Waals surface area contributed by atoms with Crippen LogP contribution in [-0.4, -0.2) is 29.8 Å². The van der Waals surface area contributed by atoms with E-state index in [1.807, 2.05) is 6.07 Å². The second kappa shape index (κ2) is 6.53. The summed E-state index contributed by atoms with van der Waals surface area (Å²) in [7, 11) is 0. The fourth-order valence-corrected chi connectivity index (χ4v) is 4.10. The molecule has 2 aromatic carbocycles. The zero-order chi connectivity index (χ0) is 18.3. The Kier molecular flexibility index (Phi) is 4.20. The second-order valence-electron chi connectivity index (χ2n) is 6.70. The van der Waals surface area contributed by atoms with Gasteiger partial charge in [-0.15, -0.1) is 0 Å². The van der Waals surface area contributed by atoms with Gasteiger partial charge in [-0.1, -0.05) is 29.5 Å². The summed E-state index contributed by atoms with van der Waals surface area (Å²) in [5.74, 6) is -0.0920. The number of amides is 1. The molecule has 6 heteroatoms. The van der Waals surface area contributed by atoms with E-state index in [9.17, 15) is 9.59 Å². The number of Topliss-reactive ketones (excluding diaryl/α,β-unsaturated/α-hetero) is 1. The van der Waals surface area contributed by atoms with E-state index in [2.05, 4.69) is 34.3 Å². The fourth-order valence-electron chi connectivity index (χ4n) is 3.02. The molecule has 132 valence electrons. The molecule has 0 saturated carbocycles. The Bertz CT molecular complexity index is 1010. The first-order valence-electron chi connectivity index (χ1n) is 8.53. The van der Waals surface area contributed by atoms with E-state index in [4.69, 9.17) is 0 Å². The Labute approximate surface area is 155 Å². The highest BCUT2D eigenvalue weighted by molar-refractivity contribution is 7.22. The molecule has 1 saturated heterocycles. The summed E-state index contributed by atoms with van der Waals surface area (Å²) in [6, 6.07) is 13.3. The van der Waals surface area contributed by atoms with Crippen LogP contribution >= 0.6 is 11.3 Å². The molecule has 0 spiro atoms. The number of hydrogen-bond acceptors (Lipinski definition) is 5. The maximum absolute atomic E-state index is 12.4. The Morgan fingerprint density at radius 2 is 2.00 bits per heavy atom. The van der Waals surface area contributed by atoms with Gasteiger partial charge >= 0.3 is 0 Å². The van der Waals surface area contributed by atoms with E-state index in [1.54, 1.807) is 35.6 Å². The van der Waals surface area contributed by atoms with Crippen LogP contribution in [0.25, 0.3) is 10.2 Å². The van der Waals surface area contributed by atoms with Crippen LogP contribution in [0.4, 0.5) is 10.8 Å². The zero-order valence-corrected chi connectivity index (χ0v) is 15.5. The molecule has 1 aliphatic rings. The number of rotatable bonds is 4. The molecule has 0 radical (unpaired) electrons. The Hall–Kier alpha value is -2.73. The van der Waals surface area contributed by atoms with Crippen LogP contribution in [0, 0.1) is 12.8 Å². The zero-order valence-electron chi connectivity index (χ0n) is 14.7. The average Bonchev–Trinajstić information content (AvgIpc) is 2.96. The fraction of sp³-hybridized carbons (Fsp3) is 0.250. The quantitative estimate of drug-likeness (QED) is 0.713. The summed E-state index contributed by atoms with van der Waals surface area (Å²) < 4.78 is 1.17. The number of nitrogens with zero attached hydrogens (tertiary/aromatic N) is 2. The predicted molar refractivity (Wildman–Crippen MR) is 105 cm³/mol. The van der Waals surface area contributed by atoms with Crippen LogP contribution < -0.4 is 10.2 Å². The van der Waals surface area contributed by atoms with Gasteiger partial charge in [0.1, 0.15) is 0 Å². The highest BCUT2D eigenvalue weighted by Crippen LogP contribution is 2.33. The molecular formula is C20H19N3O2S. The van der Waals surface area contributed by atoms with Gasteiger partial charge in [-0.25, -0.2) is 4.98 Å². The topological polar surface area (TPSA) is 62.3 Å². The third-order valence-corrected chi connectivity index (χ3v) is 5.67. The van der Waals surface area contributed by atoms with Crippen molar-refractivity contribution in [2.45, 2.75) is 13.8 Å². The Morgan fingerprint density at radius 3 is 2.77 bits per heavy atom. The summed E-state index contributed by atoms with van der Waals surface area (Å²) in [5.41, 5.74) is 3.49. The molecule has 4 rings (SSSR count). The van der Waals surface area contributed by atoms with Gasteiger partial charge in [0.25, 0.3) is 0 Å². The normalized spacial score (nSPS) is 14.3. The minimum absolute atomic E-state index is 0.0120. The third-order valence-electron chi connectivity index (χ3n) is 4.59. The molecule has 5 nitrogen and oxygen atoms in total. The van der Waals surface area contributed by atoms with Crippen molar-refractivity contribution in [2.24, 2.45) is 5.92 Å². The van der Waals surface area contributed by atoms with Gasteiger partial charge in [0, 0.05) is 24.3 Å². The lowest BCUT2D eigenvalue weighted by atomic mass is 10.00. The van der Waals surface area contributed by atoms with Crippen molar-refractivity contribution in [1.29, 1.82) is 0 Å². The smallest absolute Gasteiger partial charge is 0.231 e. The number of aromatic nitrogens is 1. The number of anilines is 2. The lowest BCUT2D eigenvalue weighted by Crippen LogP contribution is -2.52. The number of ketones is 1. The molecule has 1 aromatic heterocycles. The van der Waals surface area contributed by atoms with E-state index >= 15 is 0 Å². The molecule has 3 aromatic rings. The molecule has 26 heavy (non-hydrogen) atoms. The standard InChI is InChI=1S/C20H19N3O2S/c1-12-6-7-17-18(8-12)26-20(22-17)23-10-15(11-23)19(25)21-16-5-3-4-14(9-16)13(2)24/h3-9,15H,10-11H2,1-2H3,(H,21,25). The number of carbonyl (C=O) groups excluding carboxylic acids is 2. The number of benzene rings is 2. The van der Waals surface area contributed by atoms with Gasteiger partial charge in [-0.05, 0) is 43.7 Å². The largest absolute Gasteiger partial charge is 0.346 e. The Balaban J connectivity index is 1.40. The molecule has 0 aliphatic carbocycles. The van der Waals surface area contributed by atoms with Gasteiger partial charge < -0.3 is 10.2 Å². The van der Waals surface area contributed by atoms with E-state index in [0.717, 1.165) is 10.6 Å². The van der Waals surface area contributed by atoms with Crippen LogP contribution in [0.2, 0.25) is 0 Å². The number of aryl methyl sites for hydroxylation is 1. The van der Waals surface area contributed by atoms with Crippen LogP contribution in [-0.2, 0) is 4.79 Å². The minimum atomic E-state index is -0.0651. The summed E-state index contributed by atoms with van der Waals surface area (Å²) in [6.07, 6.45) is 0. The number of hydrogen-bond donors (Lipinski definition) is 1. The van der Waals surface area contributed by atoms with E-state index in [0.29, 0.717) is 24.3 Å². The molecule has 1 aliphatic heterocycles. The summed E-state index contributed by atoms with van der Waals surface area (Å²) in [5, 5.41) is 3.88. The van der Waals surface area contributed by atoms with Crippen LogP contribution in [0.5, 0.6) is 0 Å². The molecule has 1 fully saturated rings. The molecule has 2 heterocycles. The second-order valence-corrected chi connectivity index (χ2v) is 7.70. The van der Waals surface area contributed by atoms with Gasteiger partial charge in [0.05, 0.1) is 16.1 Å². The number of thiazole rings is 1. The summed E-state index contributed by atoms with van der Waals surface area (Å²) >= 11 is 1.66. The molecule has 1 amide bonds. The molecule has 0 atom stereocenters. The maximum atomic E-state index is 12.4. The summed E-state index contributed by atoms with van der Waals surface area (Å²) in [4.78, 5) is 30.7. The highest BCUT2D eigenvalue weighted by atomic mass is 32.1. The first-order chi connectivity index (χ1) is 12.5. The van der Waals surface area contributed by atoms with Gasteiger partial charge in [-0.3, -0.25) is 9.59 Å².